The van der Waals surface area contributed by atoms with Gasteiger partial charge >= 0.3 is 0 Å². The first-order valence-electron chi connectivity index (χ1n) is 7.70. The van der Waals surface area contributed by atoms with E-state index in [4.69, 9.17) is 5.73 Å². The predicted octanol–water partition coefficient (Wildman–Crippen LogP) is 3.55. The number of hydrogen-bond acceptors (Lipinski definition) is 2. The van der Waals surface area contributed by atoms with Gasteiger partial charge < -0.3 is 5.73 Å². The molecule has 2 N–H and O–H groups in total. The zero-order valence-corrected chi connectivity index (χ0v) is 12.3. The minimum atomic E-state index is 0.450. The molecule has 0 aromatic rings. The summed E-state index contributed by atoms with van der Waals surface area (Å²) in [6.45, 7) is 9.33. The van der Waals surface area contributed by atoms with Crippen molar-refractivity contribution < 1.29 is 0 Å². The van der Waals surface area contributed by atoms with E-state index in [-0.39, 0.29) is 0 Å². The van der Waals surface area contributed by atoms with Gasteiger partial charge in [0.05, 0.1) is 0 Å². The molecule has 0 heterocycles. The van der Waals surface area contributed by atoms with Crippen LogP contribution in [0.25, 0.3) is 0 Å². The summed E-state index contributed by atoms with van der Waals surface area (Å²) in [5, 5.41) is 0. The first-order chi connectivity index (χ1) is 8.17. The Balaban J connectivity index is 2.76. The third kappa shape index (κ3) is 3.69. The quantitative estimate of drug-likeness (QED) is 0.737. The van der Waals surface area contributed by atoms with Crippen LogP contribution >= 0.6 is 0 Å². The molecule has 0 bridgehead atoms. The van der Waals surface area contributed by atoms with E-state index < -0.39 is 0 Å². The Morgan fingerprint density at radius 3 is 1.71 bits per heavy atom. The Labute approximate surface area is 108 Å². The van der Waals surface area contributed by atoms with Crippen molar-refractivity contribution in [3.8, 4) is 0 Å². The summed E-state index contributed by atoms with van der Waals surface area (Å²) >= 11 is 0. The summed E-state index contributed by atoms with van der Waals surface area (Å²) in [6, 6.07) is 2.72. The molecule has 0 amide bonds. The highest BCUT2D eigenvalue weighted by Gasteiger charge is 2.33. The molecule has 1 aliphatic rings. The lowest BCUT2D eigenvalue weighted by Gasteiger charge is -2.41. The third-order valence-corrected chi connectivity index (χ3v) is 4.60. The van der Waals surface area contributed by atoms with Crippen molar-refractivity contribution in [2.75, 3.05) is 0 Å². The van der Waals surface area contributed by atoms with Crippen LogP contribution in [0.15, 0.2) is 0 Å². The molecule has 17 heavy (non-hydrogen) atoms. The molecule has 0 aliphatic heterocycles. The molecule has 0 radical (unpaired) electrons. The molecule has 0 spiro atoms. The van der Waals surface area contributed by atoms with Gasteiger partial charge in [-0.25, -0.2) is 0 Å². The minimum absolute atomic E-state index is 0.450. The Bertz CT molecular complexity index is 185. The molecule has 102 valence electrons. The molecule has 1 fully saturated rings. The van der Waals surface area contributed by atoms with Crippen LogP contribution in [-0.4, -0.2) is 29.1 Å². The lowest BCUT2D eigenvalue weighted by Crippen LogP contribution is -2.48. The number of rotatable bonds is 7. The first-order valence-corrected chi connectivity index (χ1v) is 7.70. The van der Waals surface area contributed by atoms with E-state index in [1.54, 1.807) is 0 Å². The number of nitrogens with zero attached hydrogens (tertiary/aromatic N) is 1. The average Bonchev–Trinajstić information content (AvgIpc) is 2.76. The second kappa shape index (κ2) is 7.38. The SMILES string of the molecule is CCC(CC)N(C(CC)CC)C1CCC(N)C1. The lowest BCUT2D eigenvalue weighted by molar-refractivity contribution is 0.0683. The topological polar surface area (TPSA) is 29.3 Å². The van der Waals surface area contributed by atoms with E-state index in [1.165, 1.54) is 44.9 Å². The summed E-state index contributed by atoms with van der Waals surface area (Å²) < 4.78 is 0. The van der Waals surface area contributed by atoms with E-state index in [9.17, 15) is 0 Å². The first kappa shape index (κ1) is 15.0. The maximum absolute atomic E-state index is 6.10. The van der Waals surface area contributed by atoms with Crippen LogP contribution in [0.4, 0.5) is 0 Å². The van der Waals surface area contributed by atoms with Crippen LogP contribution in [0, 0.1) is 0 Å². The third-order valence-electron chi connectivity index (χ3n) is 4.60. The lowest BCUT2D eigenvalue weighted by atomic mass is 9.99. The van der Waals surface area contributed by atoms with Gasteiger partial charge in [-0.15, -0.1) is 0 Å². The van der Waals surface area contributed by atoms with Crippen molar-refractivity contribution >= 4 is 0 Å². The Morgan fingerprint density at radius 1 is 0.941 bits per heavy atom. The Kier molecular flexibility index (Phi) is 6.50. The monoisotopic (exact) mass is 240 g/mol. The molecule has 1 aliphatic carbocycles. The molecule has 0 aromatic carbocycles. The second-order valence-corrected chi connectivity index (χ2v) is 5.61. The normalized spacial score (nSPS) is 25.4. The molecule has 2 atom stereocenters. The maximum atomic E-state index is 6.10. The van der Waals surface area contributed by atoms with Crippen LogP contribution in [0.2, 0.25) is 0 Å². The fourth-order valence-corrected chi connectivity index (χ4v) is 3.58. The van der Waals surface area contributed by atoms with Gasteiger partial charge in [0.1, 0.15) is 0 Å². The highest BCUT2D eigenvalue weighted by molar-refractivity contribution is 4.90. The molecule has 0 saturated heterocycles. The van der Waals surface area contributed by atoms with Gasteiger partial charge in [0.2, 0.25) is 0 Å². The highest BCUT2D eigenvalue weighted by Crippen LogP contribution is 2.30. The molecule has 2 nitrogen and oxygen atoms in total. The fraction of sp³-hybridized carbons (Fsp3) is 1.00. The zero-order valence-electron chi connectivity index (χ0n) is 12.3. The van der Waals surface area contributed by atoms with Gasteiger partial charge in [0.15, 0.2) is 0 Å². The van der Waals surface area contributed by atoms with Gasteiger partial charge in [-0.05, 0) is 44.9 Å². The van der Waals surface area contributed by atoms with Crippen molar-refractivity contribution in [3.05, 3.63) is 0 Å². The van der Waals surface area contributed by atoms with Gasteiger partial charge in [-0.2, -0.15) is 0 Å². The molecular formula is C15H32N2. The smallest absolute Gasteiger partial charge is 0.0116 e. The van der Waals surface area contributed by atoms with Crippen LogP contribution in [0.5, 0.6) is 0 Å². The second-order valence-electron chi connectivity index (χ2n) is 5.61. The van der Waals surface area contributed by atoms with Gasteiger partial charge in [-0.1, -0.05) is 27.7 Å². The van der Waals surface area contributed by atoms with Crippen LogP contribution in [0.1, 0.15) is 72.6 Å². The van der Waals surface area contributed by atoms with Crippen LogP contribution < -0.4 is 5.73 Å². The van der Waals surface area contributed by atoms with E-state index in [2.05, 4.69) is 32.6 Å². The Morgan fingerprint density at radius 2 is 1.41 bits per heavy atom. The average molecular weight is 240 g/mol. The Hall–Kier alpha value is -0.0800. The van der Waals surface area contributed by atoms with Crippen LogP contribution in [-0.2, 0) is 0 Å². The van der Waals surface area contributed by atoms with E-state index >= 15 is 0 Å². The summed E-state index contributed by atoms with van der Waals surface area (Å²) in [5.41, 5.74) is 6.10. The van der Waals surface area contributed by atoms with Crippen molar-refractivity contribution in [1.82, 2.24) is 4.90 Å². The highest BCUT2D eigenvalue weighted by atomic mass is 15.2. The molecular weight excluding hydrogens is 208 g/mol. The number of nitrogens with two attached hydrogens (primary N) is 1. The maximum Gasteiger partial charge on any atom is 0.0116 e. The molecule has 2 heteroatoms. The van der Waals surface area contributed by atoms with Gasteiger partial charge in [0.25, 0.3) is 0 Å². The van der Waals surface area contributed by atoms with Gasteiger partial charge in [0, 0.05) is 24.2 Å². The van der Waals surface area contributed by atoms with E-state index in [0.717, 1.165) is 18.1 Å². The predicted molar refractivity (Wildman–Crippen MR) is 76.2 cm³/mol. The molecule has 1 saturated carbocycles. The van der Waals surface area contributed by atoms with Gasteiger partial charge in [-0.3, -0.25) is 4.90 Å². The zero-order chi connectivity index (χ0) is 12.8. The molecule has 2 unspecified atom stereocenters. The van der Waals surface area contributed by atoms with Crippen molar-refractivity contribution in [1.29, 1.82) is 0 Å². The van der Waals surface area contributed by atoms with Crippen molar-refractivity contribution in [2.45, 2.75) is 96.8 Å². The van der Waals surface area contributed by atoms with Crippen molar-refractivity contribution in [2.24, 2.45) is 5.73 Å². The van der Waals surface area contributed by atoms with E-state index in [1.807, 2.05) is 0 Å². The fourth-order valence-electron chi connectivity index (χ4n) is 3.58. The number of hydrogen-bond donors (Lipinski definition) is 1. The minimum Gasteiger partial charge on any atom is -0.328 e. The standard InChI is InChI=1S/C15H32N2/c1-5-13(6-2)17(14(7-3)8-4)15-10-9-12(16)11-15/h12-15H,5-11,16H2,1-4H3. The van der Waals surface area contributed by atoms with E-state index in [0.29, 0.717) is 6.04 Å². The summed E-state index contributed by atoms with van der Waals surface area (Å²) in [4.78, 5) is 2.83. The van der Waals surface area contributed by atoms with Crippen LogP contribution in [0.3, 0.4) is 0 Å². The summed E-state index contributed by atoms with van der Waals surface area (Å²) in [7, 11) is 0. The van der Waals surface area contributed by atoms with Crippen molar-refractivity contribution in [3.63, 3.8) is 0 Å². The largest absolute Gasteiger partial charge is 0.328 e. The summed E-state index contributed by atoms with van der Waals surface area (Å²) in [6.07, 6.45) is 8.86. The molecule has 1 rings (SSSR count). The molecule has 0 aromatic heterocycles. The summed E-state index contributed by atoms with van der Waals surface area (Å²) in [5.74, 6) is 0.